The lowest BCUT2D eigenvalue weighted by atomic mass is 10.3. The number of carbonyl (C=O) groups excluding carboxylic acids is 1. The van der Waals surface area contributed by atoms with E-state index in [4.69, 9.17) is 5.73 Å². The number of halogens is 1. The molecule has 0 radical (unpaired) electrons. The molecule has 0 heterocycles. The Kier molecular flexibility index (Phi) is 6.02. The van der Waals surface area contributed by atoms with Crippen LogP contribution in [-0.2, 0) is 4.79 Å². The van der Waals surface area contributed by atoms with Gasteiger partial charge in [-0.1, -0.05) is 26.0 Å². The summed E-state index contributed by atoms with van der Waals surface area (Å²) < 4.78 is 1.04. The third-order valence-electron chi connectivity index (χ3n) is 2.12. The van der Waals surface area contributed by atoms with Gasteiger partial charge in [-0.3, -0.25) is 4.79 Å². The van der Waals surface area contributed by atoms with Crippen LogP contribution >= 0.6 is 27.7 Å². The fourth-order valence-corrected chi connectivity index (χ4v) is 2.97. The highest BCUT2D eigenvalue weighted by Gasteiger charge is 2.16. The van der Waals surface area contributed by atoms with E-state index in [0.717, 1.165) is 9.37 Å². The van der Waals surface area contributed by atoms with E-state index in [-0.39, 0.29) is 18.0 Å². The third kappa shape index (κ3) is 5.10. The molecule has 0 bridgehead atoms. The van der Waals surface area contributed by atoms with E-state index in [1.165, 1.54) is 0 Å². The summed E-state index contributed by atoms with van der Waals surface area (Å²) in [6, 6.07) is 7.88. The first-order valence-electron chi connectivity index (χ1n) is 5.43. The number of nitrogens with two attached hydrogens (primary N) is 1. The Labute approximate surface area is 115 Å². The van der Waals surface area contributed by atoms with Gasteiger partial charge in [0, 0.05) is 21.2 Å². The molecule has 1 unspecified atom stereocenters. The normalized spacial score (nSPS) is 12.7. The lowest BCUT2D eigenvalue weighted by Gasteiger charge is -2.18. The number of benzene rings is 1. The van der Waals surface area contributed by atoms with Crippen molar-refractivity contribution in [3.63, 3.8) is 0 Å². The highest BCUT2D eigenvalue weighted by atomic mass is 79.9. The summed E-state index contributed by atoms with van der Waals surface area (Å²) in [5, 5.41) is 3.16. The van der Waals surface area contributed by atoms with Crippen molar-refractivity contribution in [1.82, 2.24) is 5.32 Å². The maximum absolute atomic E-state index is 11.3. The summed E-state index contributed by atoms with van der Waals surface area (Å²) in [6.45, 7) is 4.00. The summed E-state index contributed by atoms with van der Waals surface area (Å²) >= 11 is 5.09. The third-order valence-corrected chi connectivity index (χ3v) is 4.24. The smallest absolute Gasteiger partial charge is 0.235 e. The molecule has 0 aliphatic heterocycles. The van der Waals surface area contributed by atoms with Gasteiger partial charge in [0.25, 0.3) is 0 Å². The zero-order valence-electron chi connectivity index (χ0n) is 9.94. The zero-order chi connectivity index (χ0) is 12.8. The molecule has 0 saturated carbocycles. The number of amides is 1. The van der Waals surface area contributed by atoms with Crippen LogP contribution in [0.5, 0.6) is 0 Å². The molecule has 0 fully saturated rings. The van der Waals surface area contributed by atoms with Crippen LogP contribution in [-0.4, -0.2) is 23.7 Å². The summed E-state index contributed by atoms with van der Waals surface area (Å²) in [4.78, 5) is 12.4. The fraction of sp³-hybridized carbons (Fsp3) is 0.417. The van der Waals surface area contributed by atoms with Crippen molar-refractivity contribution in [3.05, 3.63) is 28.7 Å². The number of hydrogen-bond acceptors (Lipinski definition) is 3. The number of carbonyl (C=O) groups is 1. The molecule has 1 atom stereocenters. The van der Waals surface area contributed by atoms with Gasteiger partial charge in [-0.05, 0) is 28.1 Å². The number of primary amides is 1. The van der Waals surface area contributed by atoms with Crippen molar-refractivity contribution in [3.8, 4) is 0 Å². The molecule has 1 aromatic rings. The summed E-state index contributed by atoms with van der Waals surface area (Å²) in [5.74, 6) is 0.328. The van der Waals surface area contributed by atoms with Gasteiger partial charge in [-0.25, -0.2) is 0 Å². The predicted molar refractivity (Wildman–Crippen MR) is 76.1 cm³/mol. The molecule has 0 aliphatic rings. The van der Waals surface area contributed by atoms with Gasteiger partial charge in [0.2, 0.25) is 5.91 Å². The first kappa shape index (κ1) is 14.5. The van der Waals surface area contributed by atoms with E-state index >= 15 is 0 Å². The Bertz CT molecular complexity index is 385. The number of nitrogens with one attached hydrogen (secondary N) is 1. The van der Waals surface area contributed by atoms with E-state index < -0.39 is 0 Å². The van der Waals surface area contributed by atoms with E-state index in [1.54, 1.807) is 11.8 Å². The van der Waals surface area contributed by atoms with Crippen molar-refractivity contribution >= 4 is 33.6 Å². The second kappa shape index (κ2) is 7.03. The van der Waals surface area contributed by atoms with Gasteiger partial charge in [-0.2, -0.15) is 0 Å². The van der Waals surface area contributed by atoms with E-state index in [2.05, 4.69) is 21.2 Å². The molecule has 0 aromatic heterocycles. The van der Waals surface area contributed by atoms with E-state index in [9.17, 15) is 4.79 Å². The van der Waals surface area contributed by atoms with Crippen LogP contribution in [0.3, 0.4) is 0 Å². The molecule has 0 spiro atoms. The minimum absolute atomic E-state index is 0.243. The highest BCUT2D eigenvalue weighted by molar-refractivity contribution is 9.10. The first-order valence-corrected chi connectivity index (χ1v) is 7.21. The Hall–Kier alpha value is -0.520. The van der Waals surface area contributed by atoms with Crippen molar-refractivity contribution in [2.45, 2.75) is 30.8 Å². The van der Waals surface area contributed by atoms with Gasteiger partial charge in [0.05, 0.1) is 6.04 Å². The second-order valence-electron chi connectivity index (χ2n) is 4.02. The molecule has 3 N–H and O–H groups in total. The van der Waals surface area contributed by atoms with Gasteiger partial charge in [0.1, 0.15) is 0 Å². The largest absolute Gasteiger partial charge is 0.368 e. The molecule has 94 valence electrons. The quantitative estimate of drug-likeness (QED) is 0.792. The average molecular weight is 317 g/mol. The molecule has 1 rings (SSSR count). The summed E-state index contributed by atoms with van der Waals surface area (Å²) in [6.07, 6.45) is 0. The molecule has 3 nitrogen and oxygen atoms in total. The van der Waals surface area contributed by atoms with Crippen LogP contribution in [0.25, 0.3) is 0 Å². The lowest BCUT2D eigenvalue weighted by molar-refractivity contribution is -0.119. The minimum atomic E-state index is -0.307. The Morgan fingerprint density at radius 3 is 2.65 bits per heavy atom. The standard InChI is InChI=1S/C12H17BrN2OS/c1-8(2)15-10(12(14)16)7-17-11-6-4-3-5-9(11)13/h3-6,8,10,15H,7H2,1-2H3,(H2,14,16). The molecule has 0 saturated heterocycles. The summed E-state index contributed by atoms with van der Waals surface area (Å²) in [5.41, 5.74) is 5.36. The maximum Gasteiger partial charge on any atom is 0.235 e. The predicted octanol–water partition coefficient (Wildman–Crippen LogP) is 2.39. The van der Waals surface area contributed by atoms with Crippen LogP contribution < -0.4 is 11.1 Å². The molecule has 5 heteroatoms. The van der Waals surface area contributed by atoms with E-state index in [1.807, 2.05) is 38.1 Å². The van der Waals surface area contributed by atoms with Crippen LogP contribution in [0.1, 0.15) is 13.8 Å². The van der Waals surface area contributed by atoms with E-state index in [0.29, 0.717) is 5.75 Å². The van der Waals surface area contributed by atoms with Crippen LogP contribution in [0.4, 0.5) is 0 Å². The summed E-state index contributed by atoms with van der Waals surface area (Å²) in [7, 11) is 0. The molecular weight excluding hydrogens is 300 g/mol. The second-order valence-corrected chi connectivity index (χ2v) is 5.93. The Morgan fingerprint density at radius 1 is 1.47 bits per heavy atom. The minimum Gasteiger partial charge on any atom is -0.368 e. The lowest BCUT2D eigenvalue weighted by Crippen LogP contribution is -2.46. The average Bonchev–Trinajstić information content (AvgIpc) is 2.25. The number of thioether (sulfide) groups is 1. The SMILES string of the molecule is CC(C)NC(CSc1ccccc1Br)C(N)=O. The topological polar surface area (TPSA) is 55.1 Å². The van der Waals surface area contributed by atoms with Crippen molar-refractivity contribution in [2.75, 3.05) is 5.75 Å². The Balaban J connectivity index is 2.58. The van der Waals surface area contributed by atoms with Crippen molar-refractivity contribution in [1.29, 1.82) is 0 Å². The molecule has 1 amide bonds. The van der Waals surface area contributed by atoms with Gasteiger partial charge in [-0.15, -0.1) is 11.8 Å². The van der Waals surface area contributed by atoms with Crippen LogP contribution in [0.15, 0.2) is 33.6 Å². The number of hydrogen-bond donors (Lipinski definition) is 2. The molecule has 17 heavy (non-hydrogen) atoms. The first-order chi connectivity index (χ1) is 8.00. The van der Waals surface area contributed by atoms with Gasteiger partial charge < -0.3 is 11.1 Å². The molecular formula is C12H17BrN2OS. The Morgan fingerprint density at radius 2 is 2.12 bits per heavy atom. The van der Waals surface area contributed by atoms with Gasteiger partial charge in [0.15, 0.2) is 0 Å². The fourth-order valence-electron chi connectivity index (χ4n) is 1.35. The van der Waals surface area contributed by atoms with Crippen molar-refractivity contribution in [2.24, 2.45) is 5.73 Å². The number of rotatable bonds is 6. The van der Waals surface area contributed by atoms with Crippen molar-refractivity contribution < 1.29 is 4.79 Å². The molecule has 1 aromatic carbocycles. The van der Waals surface area contributed by atoms with Crippen LogP contribution in [0, 0.1) is 0 Å². The molecule has 0 aliphatic carbocycles. The maximum atomic E-state index is 11.3. The highest BCUT2D eigenvalue weighted by Crippen LogP contribution is 2.27. The van der Waals surface area contributed by atoms with Crippen LogP contribution in [0.2, 0.25) is 0 Å². The van der Waals surface area contributed by atoms with Gasteiger partial charge >= 0.3 is 0 Å². The monoisotopic (exact) mass is 316 g/mol. The zero-order valence-corrected chi connectivity index (χ0v) is 12.3.